The van der Waals surface area contributed by atoms with E-state index in [1.54, 1.807) is 4.90 Å². The number of hydrogen-bond donors (Lipinski definition) is 1. The molecule has 1 amide bonds. The molecule has 2 heterocycles. The van der Waals surface area contributed by atoms with Gasteiger partial charge in [-0.2, -0.15) is 4.98 Å². The summed E-state index contributed by atoms with van der Waals surface area (Å²) in [5, 5.41) is 12.7. The van der Waals surface area contributed by atoms with E-state index in [4.69, 9.17) is 19.1 Å². The molecular formula is C20H24FN3O6. The van der Waals surface area contributed by atoms with E-state index in [-0.39, 0.29) is 30.5 Å². The molecule has 1 aliphatic heterocycles. The van der Waals surface area contributed by atoms with Crippen LogP contribution in [0, 0.1) is 5.82 Å². The van der Waals surface area contributed by atoms with Crippen molar-refractivity contribution >= 4 is 12.1 Å². The van der Waals surface area contributed by atoms with Gasteiger partial charge in [0.05, 0.1) is 11.7 Å². The SMILES string of the molecule is CC(C)(C)OC(=O)N1CCC(OCc2nc(-c3ccc(C(=O)O)c(F)c3)no2)CC1. The predicted octanol–water partition coefficient (Wildman–Crippen LogP) is 3.49. The number of ether oxygens (including phenoxy) is 2. The first-order chi connectivity index (χ1) is 14.1. The van der Waals surface area contributed by atoms with Gasteiger partial charge in [-0.3, -0.25) is 0 Å². The van der Waals surface area contributed by atoms with Gasteiger partial charge < -0.3 is 24.0 Å². The summed E-state index contributed by atoms with van der Waals surface area (Å²) in [7, 11) is 0. The van der Waals surface area contributed by atoms with Crippen LogP contribution < -0.4 is 0 Å². The number of amides is 1. The predicted molar refractivity (Wildman–Crippen MR) is 102 cm³/mol. The molecule has 30 heavy (non-hydrogen) atoms. The van der Waals surface area contributed by atoms with Crippen molar-refractivity contribution in [1.82, 2.24) is 15.0 Å². The van der Waals surface area contributed by atoms with Gasteiger partial charge in [-0.1, -0.05) is 5.16 Å². The Morgan fingerprint density at radius 2 is 2.00 bits per heavy atom. The van der Waals surface area contributed by atoms with E-state index in [9.17, 15) is 14.0 Å². The fourth-order valence-electron chi connectivity index (χ4n) is 2.98. The van der Waals surface area contributed by atoms with Crippen LogP contribution in [0.3, 0.4) is 0 Å². The van der Waals surface area contributed by atoms with Gasteiger partial charge in [-0.15, -0.1) is 0 Å². The maximum atomic E-state index is 13.8. The van der Waals surface area contributed by atoms with Crippen LogP contribution in [0.15, 0.2) is 22.7 Å². The van der Waals surface area contributed by atoms with Gasteiger partial charge in [0.25, 0.3) is 5.89 Å². The molecule has 0 radical (unpaired) electrons. The Morgan fingerprint density at radius 3 is 2.60 bits per heavy atom. The molecule has 10 heteroatoms. The number of likely N-dealkylation sites (tertiary alicyclic amines) is 1. The molecule has 3 rings (SSSR count). The first kappa shape index (κ1) is 21.7. The Morgan fingerprint density at radius 1 is 1.30 bits per heavy atom. The van der Waals surface area contributed by atoms with Crippen LogP contribution in [0.25, 0.3) is 11.4 Å². The minimum absolute atomic E-state index is 0.0636. The van der Waals surface area contributed by atoms with Crippen LogP contribution in [0.4, 0.5) is 9.18 Å². The quantitative estimate of drug-likeness (QED) is 0.780. The van der Waals surface area contributed by atoms with Crippen molar-refractivity contribution in [3.05, 3.63) is 35.5 Å². The zero-order chi connectivity index (χ0) is 21.9. The first-order valence-corrected chi connectivity index (χ1v) is 9.58. The molecule has 0 saturated carbocycles. The van der Waals surface area contributed by atoms with Crippen LogP contribution in [-0.2, 0) is 16.1 Å². The van der Waals surface area contributed by atoms with Gasteiger partial charge in [0.1, 0.15) is 18.0 Å². The minimum atomic E-state index is -1.35. The van der Waals surface area contributed by atoms with Crippen molar-refractivity contribution < 1.29 is 33.1 Å². The first-order valence-electron chi connectivity index (χ1n) is 9.58. The Balaban J connectivity index is 1.50. The molecule has 9 nitrogen and oxygen atoms in total. The van der Waals surface area contributed by atoms with Gasteiger partial charge >= 0.3 is 12.1 Å². The lowest BCUT2D eigenvalue weighted by molar-refractivity contribution is -0.0231. The summed E-state index contributed by atoms with van der Waals surface area (Å²) in [6.07, 6.45) is 0.916. The van der Waals surface area contributed by atoms with Crippen LogP contribution in [0.2, 0.25) is 0 Å². The van der Waals surface area contributed by atoms with Crippen molar-refractivity contribution in [3.63, 3.8) is 0 Å². The molecule has 0 aliphatic carbocycles. The van der Waals surface area contributed by atoms with Crippen molar-refractivity contribution in [2.45, 2.75) is 51.9 Å². The number of hydrogen-bond acceptors (Lipinski definition) is 7. The normalized spacial score (nSPS) is 15.3. The number of carbonyl (C=O) groups is 2. The Hall–Kier alpha value is -3.01. The maximum Gasteiger partial charge on any atom is 0.410 e. The molecule has 0 atom stereocenters. The molecule has 162 valence electrons. The molecule has 2 aromatic rings. The fraction of sp³-hybridized carbons (Fsp3) is 0.500. The van der Waals surface area contributed by atoms with Gasteiger partial charge in [0.15, 0.2) is 0 Å². The zero-order valence-electron chi connectivity index (χ0n) is 17.1. The van der Waals surface area contributed by atoms with Crippen LogP contribution >= 0.6 is 0 Å². The highest BCUT2D eigenvalue weighted by atomic mass is 19.1. The van der Waals surface area contributed by atoms with Gasteiger partial charge in [-0.25, -0.2) is 14.0 Å². The van der Waals surface area contributed by atoms with E-state index in [0.717, 1.165) is 12.1 Å². The molecule has 1 fully saturated rings. The highest BCUT2D eigenvalue weighted by Crippen LogP contribution is 2.21. The summed E-state index contributed by atoms with van der Waals surface area (Å²) in [6, 6.07) is 3.61. The number of aromatic carboxylic acids is 1. The number of halogens is 1. The average molecular weight is 421 g/mol. The number of carboxylic acid groups (broad SMARTS) is 1. The fourth-order valence-corrected chi connectivity index (χ4v) is 2.98. The smallest absolute Gasteiger partial charge is 0.410 e. The van der Waals surface area contributed by atoms with Crippen molar-refractivity contribution in [2.24, 2.45) is 0 Å². The number of carbonyl (C=O) groups excluding carboxylic acids is 1. The van der Waals surface area contributed by atoms with Crippen molar-refractivity contribution in [1.29, 1.82) is 0 Å². The van der Waals surface area contributed by atoms with E-state index in [2.05, 4.69) is 10.1 Å². The third-order valence-corrected chi connectivity index (χ3v) is 4.46. The van der Waals surface area contributed by atoms with E-state index < -0.39 is 23.0 Å². The lowest BCUT2D eigenvalue weighted by Crippen LogP contribution is -2.43. The lowest BCUT2D eigenvalue weighted by Gasteiger charge is -2.33. The summed E-state index contributed by atoms with van der Waals surface area (Å²) < 4.78 is 30.1. The zero-order valence-corrected chi connectivity index (χ0v) is 17.1. The van der Waals surface area contributed by atoms with Gasteiger partial charge in [0, 0.05) is 18.7 Å². The second-order valence-electron chi connectivity index (χ2n) is 7.99. The van der Waals surface area contributed by atoms with E-state index in [0.29, 0.717) is 31.5 Å². The highest BCUT2D eigenvalue weighted by Gasteiger charge is 2.27. The number of benzene rings is 1. The average Bonchev–Trinajstić information content (AvgIpc) is 3.14. The van der Waals surface area contributed by atoms with E-state index in [1.165, 1.54) is 6.07 Å². The Labute approximate surface area is 172 Å². The number of nitrogens with zero attached hydrogens (tertiary/aromatic N) is 3. The molecule has 1 N–H and O–H groups in total. The second-order valence-corrected chi connectivity index (χ2v) is 7.99. The summed E-state index contributed by atoms with van der Waals surface area (Å²) in [5.74, 6) is -1.86. The number of piperidine rings is 1. The molecule has 0 unspecified atom stereocenters. The molecule has 1 aromatic carbocycles. The number of carboxylic acids is 1. The topological polar surface area (TPSA) is 115 Å². The summed E-state index contributed by atoms with van der Waals surface area (Å²) in [4.78, 5) is 28.8. The van der Waals surface area contributed by atoms with Crippen LogP contribution in [0.1, 0.15) is 49.9 Å². The van der Waals surface area contributed by atoms with Crippen molar-refractivity contribution in [3.8, 4) is 11.4 Å². The van der Waals surface area contributed by atoms with Gasteiger partial charge in [0.2, 0.25) is 5.82 Å². The minimum Gasteiger partial charge on any atom is -0.478 e. The number of rotatable bonds is 5. The molecular weight excluding hydrogens is 397 g/mol. The second kappa shape index (κ2) is 8.78. The molecule has 1 aliphatic rings. The third-order valence-electron chi connectivity index (χ3n) is 4.46. The van der Waals surface area contributed by atoms with Gasteiger partial charge in [-0.05, 0) is 51.8 Å². The molecule has 0 spiro atoms. The summed E-state index contributed by atoms with van der Waals surface area (Å²) in [6.45, 7) is 6.63. The highest BCUT2D eigenvalue weighted by molar-refractivity contribution is 5.88. The van der Waals surface area contributed by atoms with Crippen molar-refractivity contribution in [2.75, 3.05) is 13.1 Å². The Kier molecular flexibility index (Phi) is 6.35. The maximum absolute atomic E-state index is 13.8. The third kappa shape index (κ3) is 5.53. The largest absolute Gasteiger partial charge is 0.478 e. The molecule has 1 saturated heterocycles. The Bertz CT molecular complexity index is 916. The van der Waals surface area contributed by atoms with E-state index >= 15 is 0 Å². The number of aromatic nitrogens is 2. The lowest BCUT2D eigenvalue weighted by atomic mass is 10.1. The standard InChI is InChI=1S/C20H24FN3O6/c1-20(2,3)29-19(27)24-8-6-13(7-9-24)28-11-16-22-17(23-30-16)12-4-5-14(18(25)26)15(21)10-12/h4-5,10,13H,6-9,11H2,1-3H3,(H,25,26). The van der Waals surface area contributed by atoms with Crippen LogP contribution in [-0.4, -0.2) is 57.0 Å². The summed E-state index contributed by atoms with van der Waals surface area (Å²) >= 11 is 0. The molecule has 0 bridgehead atoms. The molecule has 1 aromatic heterocycles. The summed E-state index contributed by atoms with van der Waals surface area (Å²) in [5.41, 5.74) is -0.654. The van der Waals surface area contributed by atoms with Crippen LogP contribution in [0.5, 0.6) is 0 Å². The van der Waals surface area contributed by atoms with E-state index in [1.807, 2.05) is 20.8 Å². The monoisotopic (exact) mass is 421 g/mol.